The molecule has 3 aromatic heterocycles. The van der Waals surface area contributed by atoms with Crippen LogP contribution >= 0.6 is 0 Å². The van der Waals surface area contributed by atoms with Crippen LogP contribution in [0.15, 0.2) is 66.9 Å². The van der Waals surface area contributed by atoms with Crippen LogP contribution in [0.3, 0.4) is 0 Å². The first-order chi connectivity index (χ1) is 21.9. The monoisotopic (exact) mass is 601 g/mol. The molecule has 2 aliphatic rings. The average molecular weight is 602 g/mol. The number of para-hydroxylation sites is 1. The largest absolute Gasteiger partial charge is 0.373 e. The van der Waals surface area contributed by atoms with Gasteiger partial charge in [0.2, 0.25) is 0 Å². The highest BCUT2D eigenvalue weighted by Gasteiger charge is 2.28. The summed E-state index contributed by atoms with van der Waals surface area (Å²) < 4.78 is 0. The molecule has 0 unspecified atom stereocenters. The molecule has 10 nitrogen and oxygen atoms in total. The molecule has 1 saturated heterocycles. The lowest BCUT2D eigenvalue weighted by Crippen LogP contribution is -2.47. The Balaban J connectivity index is 1.07. The van der Waals surface area contributed by atoms with Gasteiger partial charge in [-0.15, -0.1) is 0 Å². The van der Waals surface area contributed by atoms with Gasteiger partial charge in [-0.05, 0) is 30.2 Å². The summed E-state index contributed by atoms with van der Waals surface area (Å²) in [5.74, 6) is 1.29. The first-order valence-corrected chi connectivity index (χ1v) is 15.7. The number of anilines is 1. The molecule has 2 aromatic carbocycles. The van der Waals surface area contributed by atoms with Gasteiger partial charge < -0.3 is 15.5 Å². The Morgan fingerprint density at radius 2 is 1.78 bits per heavy atom. The smallest absolute Gasteiger partial charge is 0.272 e. The summed E-state index contributed by atoms with van der Waals surface area (Å²) in [5, 5.41) is 15.2. The molecule has 0 radical (unpaired) electrons. The minimum Gasteiger partial charge on any atom is -0.373 e. The van der Waals surface area contributed by atoms with E-state index in [-0.39, 0.29) is 11.3 Å². The second-order valence-corrected chi connectivity index (χ2v) is 12.6. The second kappa shape index (κ2) is 12.0. The van der Waals surface area contributed by atoms with Gasteiger partial charge in [0.05, 0.1) is 23.4 Å². The summed E-state index contributed by atoms with van der Waals surface area (Å²) >= 11 is 0. The third kappa shape index (κ3) is 5.91. The molecule has 2 aliphatic heterocycles. The maximum Gasteiger partial charge on any atom is 0.272 e. The molecule has 45 heavy (non-hydrogen) atoms. The van der Waals surface area contributed by atoms with E-state index in [1.54, 1.807) is 6.20 Å². The number of rotatable bonds is 7. The summed E-state index contributed by atoms with van der Waals surface area (Å²) in [6, 6.07) is 20.5. The van der Waals surface area contributed by atoms with Crippen LogP contribution in [-0.4, -0.2) is 87.2 Å². The molecular formula is C35H39N9O. The van der Waals surface area contributed by atoms with Crippen molar-refractivity contribution in [2.75, 3.05) is 51.6 Å². The number of hydrogen-bond donors (Lipinski definition) is 3. The van der Waals surface area contributed by atoms with Crippen LogP contribution in [0.4, 0.5) is 5.82 Å². The zero-order chi connectivity index (χ0) is 31.0. The zero-order valence-electron chi connectivity index (χ0n) is 26.1. The van der Waals surface area contributed by atoms with Gasteiger partial charge in [0.25, 0.3) is 5.91 Å². The van der Waals surface area contributed by atoms with Crippen molar-refractivity contribution in [3.63, 3.8) is 0 Å². The highest BCUT2D eigenvalue weighted by atomic mass is 16.2. The topological polar surface area (TPSA) is 115 Å². The molecule has 7 rings (SSSR count). The molecule has 5 heterocycles. The van der Waals surface area contributed by atoms with E-state index in [1.165, 1.54) is 5.56 Å². The van der Waals surface area contributed by atoms with E-state index < -0.39 is 0 Å². The summed E-state index contributed by atoms with van der Waals surface area (Å²) in [5.41, 5.74) is 7.20. The molecule has 0 aliphatic carbocycles. The number of amides is 1. The maximum absolute atomic E-state index is 13.7. The molecule has 0 spiro atoms. The van der Waals surface area contributed by atoms with Gasteiger partial charge in [-0.1, -0.05) is 56.3 Å². The minimum atomic E-state index is -0.0910. The predicted molar refractivity (Wildman–Crippen MR) is 177 cm³/mol. The molecule has 3 N–H and O–H groups in total. The quantitative estimate of drug-likeness (QED) is 0.250. The van der Waals surface area contributed by atoms with Gasteiger partial charge in [0.15, 0.2) is 5.82 Å². The number of nitrogens with zero attached hydrogens (tertiary/aromatic N) is 6. The fraction of sp³-hybridized carbons (Fsp3) is 0.343. The number of carbonyl (C=O) groups excluding carboxylic acids is 1. The van der Waals surface area contributed by atoms with E-state index in [2.05, 4.69) is 74.9 Å². The third-order valence-corrected chi connectivity index (χ3v) is 9.04. The first kappa shape index (κ1) is 29.1. The van der Waals surface area contributed by atoms with Crippen LogP contribution in [0.2, 0.25) is 0 Å². The van der Waals surface area contributed by atoms with E-state index in [9.17, 15) is 4.79 Å². The Kier molecular flexibility index (Phi) is 7.76. The first-order valence-electron chi connectivity index (χ1n) is 15.7. The number of carbonyl (C=O) groups is 1. The minimum absolute atomic E-state index is 0.0362. The maximum atomic E-state index is 13.7. The zero-order valence-corrected chi connectivity index (χ0v) is 26.1. The molecule has 0 atom stereocenters. The lowest BCUT2D eigenvalue weighted by atomic mass is 9.83. The van der Waals surface area contributed by atoms with Crippen molar-refractivity contribution in [3.05, 3.63) is 89.4 Å². The Labute approximate surface area is 263 Å². The van der Waals surface area contributed by atoms with Crippen LogP contribution in [-0.2, 0) is 18.4 Å². The summed E-state index contributed by atoms with van der Waals surface area (Å²) in [4.78, 5) is 32.4. The standard InChI is InChI=1S/C35H39N9O/c1-35(2,22-43-16-13-37-14-17-43)26-10-8-23(9-11-26)29-19-30(42-41-29)34(45)44-15-12-27-31(21-44)39-32(40-33(27)36-3)25-18-24-6-4-5-7-28(24)38-20-25/h4-11,18-20,37H,12-17,21-22H2,1-3H3,(H,41,42)(H,36,39,40). The van der Waals surface area contributed by atoms with Crippen LogP contribution < -0.4 is 10.6 Å². The normalized spacial score (nSPS) is 15.7. The Bertz CT molecular complexity index is 1840. The summed E-state index contributed by atoms with van der Waals surface area (Å²) in [6.07, 6.45) is 2.47. The van der Waals surface area contributed by atoms with Crippen LogP contribution in [0, 0.1) is 0 Å². The second-order valence-electron chi connectivity index (χ2n) is 12.6. The van der Waals surface area contributed by atoms with Gasteiger partial charge in [0.1, 0.15) is 11.5 Å². The highest BCUT2D eigenvalue weighted by molar-refractivity contribution is 5.93. The van der Waals surface area contributed by atoms with Crippen LogP contribution in [0.5, 0.6) is 0 Å². The van der Waals surface area contributed by atoms with Crippen LogP contribution in [0.25, 0.3) is 33.5 Å². The number of fused-ring (bicyclic) bond motifs is 2. The number of piperazine rings is 1. The summed E-state index contributed by atoms with van der Waals surface area (Å²) in [6.45, 7) is 10.9. The van der Waals surface area contributed by atoms with Crippen molar-refractivity contribution in [2.45, 2.75) is 32.2 Å². The van der Waals surface area contributed by atoms with Crippen molar-refractivity contribution in [3.8, 4) is 22.6 Å². The summed E-state index contributed by atoms with van der Waals surface area (Å²) in [7, 11) is 1.87. The Hall–Kier alpha value is -4.67. The molecule has 10 heteroatoms. The molecule has 0 bridgehead atoms. The SMILES string of the molecule is CNc1nc(-c2cnc3ccccc3c2)nc2c1CCN(C(=O)c1cc(-c3ccc(C(C)(C)CN4CCNCC4)cc3)n[nH]1)C2. The van der Waals surface area contributed by atoms with Gasteiger partial charge in [-0.25, -0.2) is 9.97 Å². The highest BCUT2D eigenvalue weighted by Crippen LogP contribution is 2.30. The number of H-pyrrole nitrogens is 1. The third-order valence-electron chi connectivity index (χ3n) is 9.04. The molecule has 1 fully saturated rings. The van der Waals surface area contributed by atoms with Crippen molar-refractivity contribution >= 4 is 22.6 Å². The lowest BCUT2D eigenvalue weighted by molar-refractivity contribution is 0.0726. The number of aromatic amines is 1. The van der Waals surface area contributed by atoms with Crippen molar-refractivity contribution in [1.82, 2.24) is 40.3 Å². The van der Waals surface area contributed by atoms with Crippen LogP contribution in [0.1, 0.15) is 41.2 Å². The lowest BCUT2D eigenvalue weighted by Gasteiger charge is -2.35. The van der Waals surface area contributed by atoms with Crippen molar-refractivity contribution in [2.24, 2.45) is 0 Å². The van der Waals surface area contributed by atoms with E-state index in [0.717, 1.165) is 77.5 Å². The van der Waals surface area contributed by atoms with Gasteiger partial charge in [-0.3, -0.25) is 19.8 Å². The van der Waals surface area contributed by atoms with E-state index in [1.807, 2.05) is 42.3 Å². The average Bonchev–Trinajstić information content (AvgIpc) is 3.58. The number of pyridine rings is 1. The van der Waals surface area contributed by atoms with E-state index in [4.69, 9.17) is 9.97 Å². The van der Waals surface area contributed by atoms with E-state index >= 15 is 0 Å². The number of nitrogens with one attached hydrogen (secondary N) is 3. The Morgan fingerprint density at radius 1 is 0.978 bits per heavy atom. The molecule has 230 valence electrons. The predicted octanol–water partition coefficient (Wildman–Crippen LogP) is 4.50. The van der Waals surface area contributed by atoms with Gasteiger partial charge in [0, 0.05) is 80.0 Å². The molecule has 0 saturated carbocycles. The molecule has 1 amide bonds. The number of benzene rings is 2. The number of aromatic nitrogens is 5. The van der Waals surface area contributed by atoms with Gasteiger partial charge in [-0.2, -0.15) is 5.10 Å². The molecular weight excluding hydrogens is 562 g/mol. The van der Waals surface area contributed by atoms with Crippen molar-refractivity contribution in [1.29, 1.82) is 0 Å². The van der Waals surface area contributed by atoms with E-state index in [0.29, 0.717) is 31.0 Å². The number of hydrogen-bond acceptors (Lipinski definition) is 8. The fourth-order valence-corrected chi connectivity index (χ4v) is 6.49. The van der Waals surface area contributed by atoms with Crippen molar-refractivity contribution < 1.29 is 4.79 Å². The Morgan fingerprint density at radius 3 is 2.58 bits per heavy atom. The van der Waals surface area contributed by atoms with Gasteiger partial charge >= 0.3 is 0 Å². The fourth-order valence-electron chi connectivity index (χ4n) is 6.49. The molecule has 5 aromatic rings.